The first-order valence-corrected chi connectivity index (χ1v) is 11.1. The molecule has 10 heteroatoms. The van der Waals surface area contributed by atoms with E-state index in [-0.39, 0.29) is 37.3 Å². The molecule has 1 fully saturated rings. The zero-order valence-electron chi connectivity index (χ0n) is 17.6. The monoisotopic (exact) mass is 488 g/mol. The summed E-state index contributed by atoms with van der Waals surface area (Å²) in [6, 6.07) is 6.30. The van der Waals surface area contributed by atoms with Crippen LogP contribution in [0, 0.1) is 0 Å². The minimum Gasteiger partial charge on any atom is -0.396 e. The molecule has 0 radical (unpaired) electrons. The van der Waals surface area contributed by atoms with Crippen molar-refractivity contribution in [2.45, 2.75) is 38.3 Å². The third-order valence-corrected chi connectivity index (χ3v) is 6.32. The van der Waals surface area contributed by atoms with Crippen LogP contribution in [0.2, 0.25) is 0 Å². The first-order chi connectivity index (χ1) is 14.2. The van der Waals surface area contributed by atoms with Gasteiger partial charge in [-0.05, 0) is 43.4 Å². The zero-order chi connectivity index (χ0) is 20.2. The van der Waals surface area contributed by atoms with Gasteiger partial charge in [0.05, 0.1) is 17.1 Å². The predicted octanol–water partition coefficient (Wildman–Crippen LogP) is 3.51. The maximum Gasteiger partial charge on any atom is 0.265 e. The third-order valence-electron chi connectivity index (χ3n) is 5.35. The molecule has 0 aliphatic carbocycles. The van der Waals surface area contributed by atoms with Crippen LogP contribution in [-0.2, 0) is 11.3 Å². The molecule has 31 heavy (non-hydrogen) atoms. The lowest BCUT2D eigenvalue weighted by atomic mass is 10.2. The molecule has 1 aliphatic heterocycles. The molecule has 1 saturated heterocycles. The highest BCUT2D eigenvalue weighted by atomic mass is 35.5. The van der Waals surface area contributed by atoms with Gasteiger partial charge in [-0.2, -0.15) is 0 Å². The molecule has 2 aromatic heterocycles. The number of carbonyl (C=O) groups is 1. The molecule has 7 nitrogen and oxygen atoms in total. The Labute approximate surface area is 198 Å². The maximum absolute atomic E-state index is 12.6. The summed E-state index contributed by atoms with van der Waals surface area (Å²) in [6.07, 6.45) is 6.03. The molecule has 4 rings (SSSR count). The summed E-state index contributed by atoms with van der Waals surface area (Å²) in [5.41, 5.74) is 3.16. The van der Waals surface area contributed by atoms with Gasteiger partial charge in [0.25, 0.3) is 5.91 Å². The van der Waals surface area contributed by atoms with E-state index in [1.54, 1.807) is 11.9 Å². The van der Waals surface area contributed by atoms with Crippen LogP contribution < -0.4 is 5.32 Å². The van der Waals surface area contributed by atoms with Crippen molar-refractivity contribution < 1.29 is 14.6 Å². The lowest BCUT2D eigenvalue weighted by Crippen LogP contribution is -2.27. The number of nitrogens with zero attached hydrogens (tertiary/aromatic N) is 3. The van der Waals surface area contributed by atoms with E-state index in [1.807, 2.05) is 10.6 Å². The van der Waals surface area contributed by atoms with Crippen LogP contribution in [0.5, 0.6) is 0 Å². The fourth-order valence-electron chi connectivity index (χ4n) is 3.70. The van der Waals surface area contributed by atoms with Gasteiger partial charge in [0.2, 0.25) is 0 Å². The van der Waals surface area contributed by atoms with Crippen LogP contribution in [0.25, 0.3) is 16.0 Å². The Morgan fingerprint density at radius 3 is 2.97 bits per heavy atom. The minimum absolute atomic E-state index is 0. The summed E-state index contributed by atoms with van der Waals surface area (Å²) >= 11 is 1.42. The number of unbranched alkanes of at least 4 members (excludes halogenated alkanes) is 1. The average molecular weight is 489 g/mol. The van der Waals surface area contributed by atoms with E-state index in [1.165, 1.54) is 16.9 Å². The number of aliphatic hydroxyl groups excluding tert-OH is 1. The van der Waals surface area contributed by atoms with Crippen LogP contribution in [0.15, 0.2) is 24.4 Å². The molecule has 0 saturated carbocycles. The largest absolute Gasteiger partial charge is 0.396 e. The summed E-state index contributed by atoms with van der Waals surface area (Å²) in [5.74, 6) is 0.00143. The number of hydrogen-bond donors (Lipinski definition) is 2. The molecule has 3 heterocycles. The smallest absolute Gasteiger partial charge is 0.265 e. The molecule has 1 unspecified atom stereocenters. The first kappa shape index (κ1) is 25.8. The number of thiazole rings is 1. The second-order valence-corrected chi connectivity index (χ2v) is 8.62. The number of amides is 1. The van der Waals surface area contributed by atoms with Gasteiger partial charge in [0.1, 0.15) is 4.88 Å². The second kappa shape index (κ2) is 12.0. The van der Waals surface area contributed by atoms with E-state index in [0.29, 0.717) is 23.9 Å². The number of halogens is 2. The van der Waals surface area contributed by atoms with Crippen molar-refractivity contribution in [1.29, 1.82) is 0 Å². The molecule has 1 amide bonds. The van der Waals surface area contributed by atoms with Gasteiger partial charge in [-0.3, -0.25) is 9.20 Å². The molecular formula is C21H30Cl2N4O3S. The van der Waals surface area contributed by atoms with Crippen molar-refractivity contribution in [2.24, 2.45) is 0 Å². The van der Waals surface area contributed by atoms with Gasteiger partial charge in [-0.25, -0.2) is 4.98 Å². The first-order valence-electron chi connectivity index (χ1n) is 10.2. The summed E-state index contributed by atoms with van der Waals surface area (Å²) in [5, 5.41) is 12.4. The summed E-state index contributed by atoms with van der Waals surface area (Å²) < 4.78 is 7.64. The maximum atomic E-state index is 12.6. The van der Waals surface area contributed by atoms with Gasteiger partial charge < -0.3 is 20.1 Å². The minimum atomic E-state index is 0. The summed E-state index contributed by atoms with van der Waals surface area (Å²) in [6.45, 7) is 3.36. The average Bonchev–Trinajstić information content (AvgIpc) is 3.43. The quantitative estimate of drug-likeness (QED) is 0.450. The van der Waals surface area contributed by atoms with Gasteiger partial charge in [0, 0.05) is 46.1 Å². The normalized spacial score (nSPS) is 15.7. The number of benzene rings is 1. The van der Waals surface area contributed by atoms with Gasteiger partial charge in [0.15, 0.2) is 4.96 Å². The van der Waals surface area contributed by atoms with E-state index in [9.17, 15) is 4.79 Å². The number of aliphatic hydroxyl groups is 1. The van der Waals surface area contributed by atoms with E-state index >= 15 is 0 Å². The third kappa shape index (κ3) is 6.09. The summed E-state index contributed by atoms with van der Waals surface area (Å²) in [7, 11) is 1.80. The molecular weight excluding hydrogens is 459 g/mol. The molecule has 3 aromatic rings. The zero-order valence-corrected chi connectivity index (χ0v) is 20.0. The SMILES string of the molecule is CN(CCCCO)C(=O)c1cn2c(nc3cc(CNCC4CCCO4)ccc32)s1.Cl.Cl. The Bertz CT molecular complexity index is 988. The van der Waals surface area contributed by atoms with Crippen LogP contribution in [0.1, 0.15) is 40.9 Å². The van der Waals surface area contributed by atoms with Crippen LogP contribution >= 0.6 is 36.2 Å². The molecule has 0 bridgehead atoms. The van der Waals surface area contributed by atoms with E-state index < -0.39 is 0 Å². The van der Waals surface area contributed by atoms with Gasteiger partial charge >= 0.3 is 0 Å². The highest BCUT2D eigenvalue weighted by Crippen LogP contribution is 2.25. The Balaban J connectivity index is 0.00000171. The van der Waals surface area contributed by atoms with E-state index in [4.69, 9.17) is 14.8 Å². The molecule has 2 N–H and O–H groups in total. The fourth-order valence-corrected chi connectivity index (χ4v) is 4.69. The van der Waals surface area contributed by atoms with Gasteiger partial charge in [-0.15, -0.1) is 24.8 Å². The Kier molecular flexibility index (Phi) is 9.99. The number of ether oxygens (including phenoxy) is 1. The number of carbonyl (C=O) groups excluding carboxylic acids is 1. The Hall–Kier alpha value is -1.42. The number of rotatable bonds is 9. The number of aromatic nitrogens is 2. The standard InChI is InChI=1S/C21H28N4O3S.2ClH/c1-24(8-2-3-9-26)20(27)19-14-25-18-7-6-15(11-17(18)23-21(25)29-19)12-22-13-16-5-4-10-28-16;;/h6-7,11,14,16,22,26H,2-5,8-10,12-13H2,1H3;2*1H. The number of imidazole rings is 1. The number of fused-ring (bicyclic) bond motifs is 3. The molecule has 1 aliphatic rings. The Morgan fingerprint density at radius 2 is 2.23 bits per heavy atom. The van der Waals surface area contributed by atoms with Crippen molar-refractivity contribution >= 4 is 58.1 Å². The van der Waals surface area contributed by atoms with Crippen molar-refractivity contribution in [2.75, 3.05) is 33.4 Å². The highest BCUT2D eigenvalue weighted by molar-refractivity contribution is 7.18. The van der Waals surface area contributed by atoms with E-state index in [0.717, 1.165) is 55.0 Å². The van der Waals surface area contributed by atoms with Crippen LogP contribution in [-0.4, -0.2) is 64.8 Å². The summed E-state index contributed by atoms with van der Waals surface area (Å²) in [4.78, 5) is 20.6. The predicted molar refractivity (Wildman–Crippen MR) is 129 cm³/mol. The van der Waals surface area contributed by atoms with Crippen molar-refractivity contribution in [3.05, 3.63) is 34.8 Å². The van der Waals surface area contributed by atoms with Crippen molar-refractivity contribution in [3.8, 4) is 0 Å². The second-order valence-electron chi connectivity index (χ2n) is 7.61. The van der Waals surface area contributed by atoms with Crippen LogP contribution in [0.4, 0.5) is 0 Å². The lowest BCUT2D eigenvalue weighted by Gasteiger charge is -2.15. The number of hydrogen-bond acceptors (Lipinski definition) is 6. The van der Waals surface area contributed by atoms with E-state index in [2.05, 4.69) is 23.5 Å². The molecule has 1 atom stereocenters. The number of nitrogens with one attached hydrogen (secondary N) is 1. The molecule has 1 aromatic carbocycles. The molecule has 172 valence electrons. The van der Waals surface area contributed by atoms with Crippen molar-refractivity contribution in [1.82, 2.24) is 19.6 Å². The molecule has 0 spiro atoms. The van der Waals surface area contributed by atoms with Crippen LogP contribution in [0.3, 0.4) is 0 Å². The Morgan fingerprint density at radius 1 is 1.39 bits per heavy atom. The topological polar surface area (TPSA) is 79.1 Å². The lowest BCUT2D eigenvalue weighted by molar-refractivity contribution is 0.0794. The van der Waals surface area contributed by atoms with Crippen molar-refractivity contribution in [3.63, 3.8) is 0 Å². The van der Waals surface area contributed by atoms with Gasteiger partial charge in [-0.1, -0.05) is 17.4 Å². The highest BCUT2D eigenvalue weighted by Gasteiger charge is 2.18. The fraction of sp³-hybridized carbons (Fsp3) is 0.524.